The summed E-state index contributed by atoms with van der Waals surface area (Å²) in [5.74, 6) is 0.0124. The number of carbonyl (C=O) groups excluding carboxylic acids is 1. The number of hydrogen-bond donors (Lipinski definition) is 0. The molecular formula is C15H10Cl4O. The highest BCUT2D eigenvalue weighted by Crippen LogP contribution is 2.26. The van der Waals surface area contributed by atoms with E-state index in [0.717, 1.165) is 5.56 Å². The van der Waals surface area contributed by atoms with Crippen LogP contribution in [0.25, 0.3) is 0 Å². The molecule has 0 saturated carbocycles. The molecule has 2 rings (SSSR count). The maximum Gasteiger partial charge on any atom is 0.141 e. The summed E-state index contributed by atoms with van der Waals surface area (Å²) in [5.41, 5.74) is 1.47. The molecule has 0 aliphatic heterocycles. The lowest BCUT2D eigenvalue weighted by atomic mass is 10.0. The fraction of sp³-hybridized carbons (Fsp3) is 0.133. The van der Waals surface area contributed by atoms with Crippen LogP contribution >= 0.6 is 46.4 Å². The first-order valence-electron chi connectivity index (χ1n) is 5.86. The molecule has 0 aliphatic carbocycles. The Morgan fingerprint density at radius 1 is 0.800 bits per heavy atom. The second-order valence-corrected chi connectivity index (χ2v) is 5.97. The molecule has 2 aromatic rings. The van der Waals surface area contributed by atoms with E-state index in [9.17, 15) is 4.79 Å². The van der Waals surface area contributed by atoms with Crippen molar-refractivity contribution in [2.45, 2.75) is 12.8 Å². The molecule has 0 aliphatic rings. The predicted octanol–water partition coefficient (Wildman–Crippen LogP) is 5.65. The number of ketones is 1. The van der Waals surface area contributed by atoms with E-state index in [1.807, 2.05) is 0 Å². The number of rotatable bonds is 4. The van der Waals surface area contributed by atoms with Gasteiger partial charge in [0.2, 0.25) is 0 Å². The van der Waals surface area contributed by atoms with Crippen LogP contribution in [0.4, 0.5) is 0 Å². The summed E-state index contributed by atoms with van der Waals surface area (Å²) in [6.45, 7) is 0. The van der Waals surface area contributed by atoms with E-state index in [4.69, 9.17) is 46.4 Å². The van der Waals surface area contributed by atoms with E-state index in [1.54, 1.807) is 36.4 Å². The lowest BCUT2D eigenvalue weighted by molar-refractivity contribution is -0.117. The first kappa shape index (κ1) is 15.7. The molecule has 0 radical (unpaired) electrons. The fourth-order valence-electron chi connectivity index (χ4n) is 1.84. The van der Waals surface area contributed by atoms with Crippen LogP contribution in [0.5, 0.6) is 0 Å². The highest BCUT2D eigenvalue weighted by molar-refractivity contribution is 6.42. The molecule has 0 heterocycles. The van der Waals surface area contributed by atoms with Gasteiger partial charge in [0.1, 0.15) is 5.78 Å². The third-order valence-corrected chi connectivity index (χ3v) is 4.27. The first-order valence-corrected chi connectivity index (χ1v) is 7.37. The average molecular weight is 348 g/mol. The van der Waals surface area contributed by atoms with Crippen molar-refractivity contribution in [1.29, 1.82) is 0 Å². The van der Waals surface area contributed by atoms with Crippen LogP contribution in [-0.4, -0.2) is 5.78 Å². The lowest BCUT2D eigenvalue weighted by Crippen LogP contribution is -2.07. The first-order chi connectivity index (χ1) is 9.47. The zero-order chi connectivity index (χ0) is 14.7. The minimum Gasteiger partial charge on any atom is -0.299 e. The molecular weight excluding hydrogens is 338 g/mol. The highest BCUT2D eigenvalue weighted by Gasteiger charge is 2.12. The number of hydrogen-bond acceptors (Lipinski definition) is 1. The Morgan fingerprint density at radius 2 is 1.45 bits per heavy atom. The summed E-state index contributed by atoms with van der Waals surface area (Å²) in [6, 6.07) is 10.3. The van der Waals surface area contributed by atoms with E-state index < -0.39 is 0 Å². The van der Waals surface area contributed by atoms with E-state index in [0.29, 0.717) is 25.7 Å². The standard InChI is InChI=1S/C15H10Cl4O/c16-12-2-1-3-13(17)11(12)8-10(20)6-9-4-5-14(18)15(19)7-9/h1-5,7H,6,8H2. The number of carbonyl (C=O) groups is 1. The van der Waals surface area contributed by atoms with Gasteiger partial charge < -0.3 is 0 Å². The van der Waals surface area contributed by atoms with Crippen molar-refractivity contribution in [2.75, 3.05) is 0 Å². The summed E-state index contributed by atoms with van der Waals surface area (Å²) in [6.07, 6.45) is 0.456. The van der Waals surface area contributed by atoms with Gasteiger partial charge in [-0.2, -0.15) is 0 Å². The van der Waals surface area contributed by atoms with Gasteiger partial charge >= 0.3 is 0 Å². The van der Waals surface area contributed by atoms with E-state index in [1.165, 1.54) is 0 Å². The number of benzene rings is 2. The number of halogens is 4. The second kappa shape index (κ2) is 6.82. The molecule has 1 nitrogen and oxygen atoms in total. The number of Topliss-reactive ketones (excluding diaryl/α,β-unsaturated/α-hetero) is 1. The van der Waals surface area contributed by atoms with Crippen LogP contribution < -0.4 is 0 Å². The molecule has 0 amide bonds. The minimum absolute atomic E-state index is 0.0124. The van der Waals surface area contributed by atoms with Gasteiger partial charge in [-0.15, -0.1) is 0 Å². The summed E-state index contributed by atoms with van der Waals surface area (Å²) in [5, 5.41) is 1.91. The van der Waals surface area contributed by atoms with Crippen molar-refractivity contribution in [2.24, 2.45) is 0 Å². The Labute approximate surface area is 137 Å². The molecule has 0 spiro atoms. The Balaban J connectivity index is 2.11. The van der Waals surface area contributed by atoms with Crippen LogP contribution in [0.3, 0.4) is 0 Å². The third-order valence-electron chi connectivity index (χ3n) is 2.82. The highest BCUT2D eigenvalue weighted by atomic mass is 35.5. The van der Waals surface area contributed by atoms with Gasteiger partial charge in [-0.1, -0.05) is 58.5 Å². The topological polar surface area (TPSA) is 17.1 Å². The van der Waals surface area contributed by atoms with Crippen LogP contribution in [0, 0.1) is 0 Å². The minimum atomic E-state index is 0.0124. The predicted molar refractivity (Wildman–Crippen MR) is 85.3 cm³/mol. The van der Waals surface area contributed by atoms with Crippen molar-refractivity contribution in [3.63, 3.8) is 0 Å². The smallest absolute Gasteiger partial charge is 0.141 e. The molecule has 0 N–H and O–H groups in total. The molecule has 0 atom stereocenters. The van der Waals surface area contributed by atoms with Crippen LogP contribution in [-0.2, 0) is 17.6 Å². The Bertz CT molecular complexity index is 632. The van der Waals surface area contributed by atoms with Gasteiger partial charge in [0.25, 0.3) is 0 Å². The van der Waals surface area contributed by atoms with Gasteiger partial charge in [0.05, 0.1) is 10.0 Å². The Kier molecular flexibility index (Phi) is 5.34. The molecule has 5 heteroatoms. The fourth-order valence-corrected chi connectivity index (χ4v) is 2.69. The van der Waals surface area contributed by atoms with E-state index in [-0.39, 0.29) is 18.6 Å². The normalized spacial score (nSPS) is 10.6. The molecule has 0 bridgehead atoms. The Morgan fingerprint density at radius 3 is 2.05 bits per heavy atom. The van der Waals surface area contributed by atoms with Crippen molar-refractivity contribution in [1.82, 2.24) is 0 Å². The molecule has 0 fully saturated rings. The van der Waals surface area contributed by atoms with Crippen molar-refractivity contribution in [3.8, 4) is 0 Å². The van der Waals surface area contributed by atoms with Gasteiger partial charge in [-0.05, 0) is 35.4 Å². The van der Waals surface area contributed by atoms with Crippen molar-refractivity contribution < 1.29 is 4.79 Å². The Hall–Kier alpha value is -0.730. The third kappa shape index (κ3) is 3.89. The monoisotopic (exact) mass is 346 g/mol. The van der Waals surface area contributed by atoms with Gasteiger partial charge in [0, 0.05) is 22.9 Å². The second-order valence-electron chi connectivity index (χ2n) is 4.34. The molecule has 0 aromatic heterocycles. The van der Waals surface area contributed by atoms with Crippen molar-refractivity contribution >= 4 is 52.2 Å². The van der Waals surface area contributed by atoms with Crippen LogP contribution in [0.15, 0.2) is 36.4 Å². The van der Waals surface area contributed by atoms with Crippen LogP contribution in [0.1, 0.15) is 11.1 Å². The molecule has 0 unspecified atom stereocenters. The van der Waals surface area contributed by atoms with Gasteiger partial charge in [0.15, 0.2) is 0 Å². The van der Waals surface area contributed by atoms with Crippen LogP contribution in [0.2, 0.25) is 20.1 Å². The van der Waals surface area contributed by atoms with Crippen molar-refractivity contribution in [3.05, 3.63) is 67.6 Å². The zero-order valence-electron chi connectivity index (χ0n) is 10.3. The average Bonchev–Trinajstić information content (AvgIpc) is 2.38. The molecule has 2 aromatic carbocycles. The summed E-state index contributed by atoms with van der Waals surface area (Å²) in [7, 11) is 0. The quantitative estimate of drug-likeness (QED) is 0.697. The largest absolute Gasteiger partial charge is 0.299 e. The molecule has 0 saturated heterocycles. The summed E-state index contributed by atoms with van der Waals surface area (Å²) in [4.78, 5) is 12.1. The molecule has 20 heavy (non-hydrogen) atoms. The SMILES string of the molecule is O=C(Cc1ccc(Cl)c(Cl)c1)Cc1c(Cl)cccc1Cl. The zero-order valence-corrected chi connectivity index (χ0v) is 13.3. The van der Waals surface area contributed by atoms with E-state index >= 15 is 0 Å². The molecule has 104 valence electrons. The van der Waals surface area contributed by atoms with Gasteiger partial charge in [-0.25, -0.2) is 0 Å². The van der Waals surface area contributed by atoms with Gasteiger partial charge in [-0.3, -0.25) is 4.79 Å². The summed E-state index contributed by atoms with van der Waals surface area (Å²) >= 11 is 23.9. The maximum absolute atomic E-state index is 12.1. The maximum atomic E-state index is 12.1. The lowest BCUT2D eigenvalue weighted by Gasteiger charge is -2.07. The van der Waals surface area contributed by atoms with E-state index in [2.05, 4.69) is 0 Å². The summed E-state index contributed by atoms with van der Waals surface area (Å²) < 4.78 is 0.